The summed E-state index contributed by atoms with van der Waals surface area (Å²) in [7, 11) is -2.87. The number of hydrogen-bond acceptors (Lipinski definition) is 3. The Hall–Kier alpha value is -0.580. The van der Waals surface area contributed by atoms with Crippen LogP contribution in [0.15, 0.2) is 0 Å². The van der Waals surface area contributed by atoms with Crippen LogP contribution in [0.2, 0.25) is 0 Å². The van der Waals surface area contributed by atoms with Crippen LogP contribution >= 0.6 is 0 Å². The first-order valence-electron chi connectivity index (χ1n) is 8.89. The van der Waals surface area contributed by atoms with Gasteiger partial charge in [0.15, 0.2) is 9.84 Å². The van der Waals surface area contributed by atoms with Crippen LogP contribution in [0.3, 0.4) is 0 Å². The van der Waals surface area contributed by atoms with Gasteiger partial charge in [-0.2, -0.15) is 0 Å². The topological polar surface area (TPSA) is 63.2 Å². The van der Waals surface area contributed by atoms with Crippen LogP contribution in [-0.4, -0.2) is 32.4 Å². The fraction of sp³-hybridized carbons (Fsp3) is 0.941. The molecule has 1 unspecified atom stereocenters. The van der Waals surface area contributed by atoms with Gasteiger partial charge in [-0.05, 0) is 74.0 Å². The molecule has 5 fully saturated rings. The number of carbonyl (C=O) groups excluding carboxylic acids is 1. The third-order valence-corrected chi connectivity index (χ3v) is 8.46. The smallest absolute Gasteiger partial charge is 0.220 e. The summed E-state index contributed by atoms with van der Waals surface area (Å²) < 4.78 is 23.0. The Labute approximate surface area is 133 Å². The Balaban J connectivity index is 1.30. The molecule has 22 heavy (non-hydrogen) atoms. The standard InChI is InChI=1S/C17H27NO3S/c19-16(6-12-1-2-22(20,21)10-12)18-11-17-7-13-3-14(8-17)5-15(4-13)9-17/h12-15H,1-11H2,(H,18,19). The number of sulfone groups is 1. The molecule has 0 aromatic heterocycles. The maximum absolute atomic E-state index is 12.2. The molecule has 1 N–H and O–H groups in total. The zero-order valence-corrected chi connectivity index (χ0v) is 14.0. The summed E-state index contributed by atoms with van der Waals surface area (Å²) in [5.41, 5.74) is 0.367. The van der Waals surface area contributed by atoms with E-state index in [1.165, 1.54) is 38.5 Å². The molecule has 0 aromatic rings. The Morgan fingerprint density at radius 2 is 1.64 bits per heavy atom. The summed E-state index contributed by atoms with van der Waals surface area (Å²) in [6, 6.07) is 0. The lowest BCUT2D eigenvalue weighted by molar-refractivity contribution is -0.124. The van der Waals surface area contributed by atoms with Crippen LogP contribution in [0.5, 0.6) is 0 Å². The van der Waals surface area contributed by atoms with E-state index in [2.05, 4.69) is 5.32 Å². The average Bonchev–Trinajstić information content (AvgIpc) is 2.74. The Kier molecular flexibility index (Phi) is 3.55. The second kappa shape index (κ2) is 5.22. The second-order valence-electron chi connectivity index (χ2n) is 8.67. The maximum Gasteiger partial charge on any atom is 0.220 e. The van der Waals surface area contributed by atoms with E-state index in [-0.39, 0.29) is 23.3 Å². The van der Waals surface area contributed by atoms with Gasteiger partial charge < -0.3 is 5.32 Å². The Morgan fingerprint density at radius 1 is 1.05 bits per heavy atom. The van der Waals surface area contributed by atoms with Crippen molar-refractivity contribution in [1.29, 1.82) is 0 Å². The van der Waals surface area contributed by atoms with E-state index in [4.69, 9.17) is 0 Å². The number of nitrogens with one attached hydrogen (secondary N) is 1. The zero-order valence-electron chi connectivity index (χ0n) is 13.2. The molecule has 1 saturated heterocycles. The molecule has 0 radical (unpaired) electrons. The van der Waals surface area contributed by atoms with Crippen LogP contribution in [-0.2, 0) is 14.6 Å². The first kappa shape index (κ1) is 15.0. The van der Waals surface area contributed by atoms with Crippen LogP contribution in [0.25, 0.3) is 0 Å². The van der Waals surface area contributed by atoms with E-state index >= 15 is 0 Å². The molecule has 1 amide bonds. The van der Waals surface area contributed by atoms with Gasteiger partial charge in [0.2, 0.25) is 5.91 Å². The SMILES string of the molecule is O=C(CC1CCS(=O)(=O)C1)NCC12CC3CC(CC(C3)C1)C2. The third-order valence-electron chi connectivity index (χ3n) is 6.63. The van der Waals surface area contributed by atoms with Gasteiger partial charge in [0.25, 0.3) is 0 Å². The molecular formula is C17H27NO3S. The van der Waals surface area contributed by atoms with Gasteiger partial charge >= 0.3 is 0 Å². The molecule has 0 aromatic carbocycles. The summed E-state index contributed by atoms with van der Waals surface area (Å²) in [5, 5.41) is 3.16. The molecular weight excluding hydrogens is 298 g/mol. The van der Waals surface area contributed by atoms with Crippen LogP contribution < -0.4 is 5.32 Å². The van der Waals surface area contributed by atoms with Gasteiger partial charge in [0, 0.05) is 13.0 Å². The number of hydrogen-bond donors (Lipinski definition) is 1. The summed E-state index contributed by atoms with van der Waals surface area (Å²) in [6.07, 6.45) is 9.23. The predicted octanol–water partition coefficient (Wildman–Crippen LogP) is 2.14. The van der Waals surface area contributed by atoms with E-state index in [0.717, 1.165) is 24.3 Å². The Morgan fingerprint density at radius 3 is 2.14 bits per heavy atom. The average molecular weight is 325 g/mol. The Bertz CT molecular complexity index is 533. The fourth-order valence-corrected chi connectivity index (χ4v) is 8.02. The summed E-state index contributed by atoms with van der Waals surface area (Å²) in [4.78, 5) is 12.2. The highest BCUT2D eigenvalue weighted by atomic mass is 32.2. The fourth-order valence-electron chi connectivity index (χ4n) is 6.16. The van der Waals surface area contributed by atoms with Crippen LogP contribution in [0, 0.1) is 29.1 Å². The summed E-state index contributed by atoms with van der Waals surface area (Å²) in [5.74, 6) is 3.30. The van der Waals surface area contributed by atoms with Crippen molar-refractivity contribution in [2.75, 3.05) is 18.1 Å². The lowest BCUT2D eigenvalue weighted by Crippen LogP contribution is -2.51. The monoisotopic (exact) mass is 325 g/mol. The highest BCUT2D eigenvalue weighted by Crippen LogP contribution is 2.59. The molecule has 124 valence electrons. The van der Waals surface area contributed by atoms with Crippen LogP contribution in [0.4, 0.5) is 0 Å². The molecule has 5 rings (SSSR count). The largest absolute Gasteiger partial charge is 0.356 e. The van der Waals surface area contributed by atoms with E-state index < -0.39 is 9.84 Å². The minimum Gasteiger partial charge on any atom is -0.356 e. The van der Waals surface area contributed by atoms with Gasteiger partial charge in [-0.15, -0.1) is 0 Å². The number of amides is 1. The van der Waals surface area contributed by atoms with E-state index in [1.807, 2.05) is 0 Å². The molecule has 1 heterocycles. The molecule has 1 aliphatic heterocycles. The van der Waals surface area contributed by atoms with Crippen molar-refractivity contribution in [3.8, 4) is 0 Å². The first-order chi connectivity index (χ1) is 10.4. The third kappa shape index (κ3) is 2.93. The molecule has 4 aliphatic carbocycles. The van der Waals surface area contributed by atoms with Crippen molar-refractivity contribution in [1.82, 2.24) is 5.32 Å². The quantitative estimate of drug-likeness (QED) is 0.861. The summed E-state index contributed by atoms with van der Waals surface area (Å²) >= 11 is 0. The van der Waals surface area contributed by atoms with Crippen molar-refractivity contribution < 1.29 is 13.2 Å². The van der Waals surface area contributed by atoms with Gasteiger partial charge in [-0.25, -0.2) is 8.42 Å². The second-order valence-corrected chi connectivity index (χ2v) is 10.9. The highest BCUT2D eigenvalue weighted by Gasteiger charge is 2.50. The molecule has 4 saturated carbocycles. The first-order valence-corrected chi connectivity index (χ1v) is 10.7. The number of rotatable bonds is 4. The van der Waals surface area contributed by atoms with Gasteiger partial charge in [-0.1, -0.05) is 0 Å². The zero-order chi connectivity index (χ0) is 15.4. The molecule has 4 nitrogen and oxygen atoms in total. The molecule has 5 heteroatoms. The van der Waals surface area contributed by atoms with Crippen molar-refractivity contribution in [2.24, 2.45) is 29.1 Å². The van der Waals surface area contributed by atoms with Gasteiger partial charge in [0.1, 0.15) is 0 Å². The van der Waals surface area contributed by atoms with Crippen molar-refractivity contribution in [2.45, 2.75) is 51.4 Å². The molecule has 0 spiro atoms. The number of carbonyl (C=O) groups is 1. The normalized spacial score (nSPS) is 45.1. The minimum atomic E-state index is -2.87. The van der Waals surface area contributed by atoms with E-state index in [0.29, 0.717) is 18.3 Å². The molecule has 5 aliphatic rings. The van der Waals surface area contributed by atoms with Crippen molar-refractivity contribution >= 4 is 15.7 Å². The van der Waals surface area contributed by atoms with Crippen molar-refractivity contribution in [3.63, 3.8) is 0 Å². The highest BCUT2D eigenvalue weighted by molar-refractivity contribution is 7.91. The maximum atomic E-state index is 12.2. The minimum absolute atomic E-state index is 0.0429. The lowest BCUT2D eigenvalue weighted by Gasteiger charge is -2.56. The lowest BCUT2D eigenvalue weighted by atomic mass is 9.49. The van der Waals surface area contributed by atoms with Crippen LogP contribution in [0.1, 0.15) is 51.4 Å². The van der Waals surface area contributed by atoms with Gasteiger partial charge in [0.05, 0.1) is 11.5 Å². The molecule has 1 atom stereocenters. The predicted molar refractivity (Wildman–Crippen MR) is 85.0 cm³/mol. The van der Waals surface area contributed by atoms with E-state index in [1.54, 1.807) is 0 Å². The molecule has 4 bridgehead atoms. The summed E-state index contributed by atoms with van der Waals surface area (Å²) in [6.45, 7) is 0.828. The van der Waals surface area contributed by atoms with Crippen molar-refractivity contribution in [3.05, 3.63) is 0 Å². The van der Waals surface area contributed by atoms with Gasteiger partial charge in [-0.3, -0.25) is 4.79 Å². The van der Waals surface area contributed by atoms with E-state index in [9.17, 15) is 13.2 Å².